The molecule has 0 atom stereocenters. The number of nitrogens with zero attached hydrogens (tertiary/aromatic N) is 3. The third-order valence-corrected chi connectivity index (χ3v) is 14.2. The summed E-state index contributed by atoms with van der Waals surface area (Å²) in [4.78, 5) is 9.60. The molecule has 0 aliphatic carbocycles. The number of para-hydroxylation sites is 2. The topological polar surface area (TPSA) is 30.7 Å². The van der Waals surface area contributed by atoms with Crippen molar-refractivity contribution in [3.8, 4) is 50.6 Å². The summed E-state index contributed by atoms with van der Waals surface area (Å²) in [5.41, 5.74) is 8.45. The number of imidazole rings is 1. The fourth-order valence-electron chi connectivity index (χ4n) is 7.73. The molecule has 1 radical (unpaired) electrons. The number of aromatic nitrogens is 3. The number of fused-ring (bicyclic) bond motifs is 4. The van der Waals surface area contributed by atoms with Crippen LogP contribution in [0.3, 0.4) is 0 Å². The minimum atomic E-state index is -4.51. The van der Waals surface area contributed by atoms with E-state index in [1.807, 2.05) is 121 Å². The smallest absolute Gasteiger partial charge is 0.333 e. The molecule has 0 saturated carbocycles. The Labute approximate surface area is 388 Å². The minimum Gasteiger partial charge on any atom is -0.333 e. The summed E-state index contributed by atoms with van der Waals surface area (Å²) in [6, 6.07) is 54.6. The van der Waals surface area contributed by atoms with Gasteiger partial charge in [-0.1, -0.05) is 134 Å². The van der Waals surface area contributed by atoms with E-state index in [0.29, 0.717) is 33.7 Å². The Kier molecular flexibility index (Phi) is 11.2. The summed E-state index contributed by atoms with van der Waals surface area (Å²) in [5.74, 6) is 0.579. The summed E-state index contributed by atoms with van der Waals surface area (Å²) in [7, 11) is -1.23. The quantitative estimate of drug-likeness (QED) is 0.123. The Balaban J connectivity index is 0.000000295. The molecule has 0 amide bonds. The van der Waals surface area contributed by atoms with E-state index in [1.165, 1.54) is 17.3 Å². The molecule has 63 heavy (non-hydrogen) atoms. The number of aryl methyl sites for hydroxylation is 2. The standard InChI is InChI=1S/C40H26F3N2S.C14H16NSi.Ir/c1-24-12-15-26(16-13-24)28-17-20-30-36(22-28)46-38-31(19-14-25(2)37(30)38)39-44-33-10-6-7-11-35(33)45(39)34-21-18-29(40(41,42)43)23-32(34)27-8-4-3-5-9-27;1-16(2,3)13-9-10-14(15-11-13)12-7-5-4-6-8-12;/h3-18,20-23H,1-2H3;4-7,9-11H,1-3H3;/q2*-1;/i1D3;;. The van der Waals surface area contributed by atoms with Crippen molar-refractivity contribution in [1.29, 1.82) is 0 Å². The Morgan fingerprint density at radius 2 is 1.49 bits per heavy atom. The van der Waals surface area contributed by atoms with Crippen LogP contribution in [-0.2, 0) is 26.3 Å². The van der Waals surface area contributed by atoms with E-state index < -0.39 is 26.7 Å². The summed E-state index contributed by atoms with van der Waals surface area (Å²) in [6.07, 6.45) is -2.49. The monoisotopic (exact) mass is 1050 g/mol. The number of rotatable bonds is 6. The molecular weight excluding hydrogens is 1000 g/mol. The van der Waals surface area contributed by atoms with Crippen LogP contribution in [0.1, 0.15) is 20.8 Å². The van der Waals surface area contributed by atoms with Crippen molar-refractivity contribution >= 4 is 55.8 Å². The molecule has 315 valence electrons. The molecule has 0 spiro atoms. The van der Waals surface area contributed by atoms with Gasteiger partial charge >= 0.3 is 6.18 Å². The molecule has 3 aromatic heterocycles. The van der Waals surface area contributed by atoms with Gasteiger partial charge in [-0.3, -0.25) is 4.98 Å². The average molecular weight is 1050 g/mol. The Morgan fingerprint density at radius 1 is 0.746 bits per heavy atom. The van der Waals surface area contributed by atoms with E-state index in [4.69, 9.17) is 9.10 Å². The molecule has 10 rings (SSSR count). The molecular formula is C54H42F3IrN3SSi-2. The summed E-state index contributed by atoms with van der Waals surface area (Å²) in [6.45, 7) is 6.87. The average Bonchev–Trinajstić information content (AvgIpc) is 3.88. The maximum absolute atomic E-state index is 14.0. The number of benzene rings is 7. The minimum absolute atomic E-state index is 0. The van der Waals surface area contributed by atoms with Crippen molar-refractivity contribution in [3.63, 3.8) is 0 Å². The van der Waals surface area contributed by atoms with Gasteiger partial charge in [0.2, 0.25) is 0 Å². The molecule has 3 nitrogen and oxygen atoms in total. The van der Waals surface area contributed by atoms with Crippen LogP contribution in [0.25, 0.3) is 81.8 Å². The largest absolute Gasteiger partial charge is 0.416 e. The van der Waals surface area contributed by atoms with Gasteiger partial charge in [-0.15, -0.1) is 53.6 Å². The van der Waals surface area contributed by atoms with Gasteiger partial charge in [0.25, 0.3) is 0 Å². The van der Waals surface area contributed by atoms with Crippen LogP contribution in [0.4, 0.5) is 13.2 Å². The van der Waals surface area contributed by atoms with Gasteiger partial charge in [-0.05, 0) is 80.9 Å². The number of thiophene rings is 1. The maximum atomic E-state index is 14.0. The Morgan fingerprint density at radius 3 is 2.19 bits per heavy atom. The first-order chi connectivity index (χ1) is 31.0. The van der Waals surface area contributed by atoms with E-state index in [0.717, 1.165) is 65.3 Å². The van der Waals surface area contributed by atoms with Crippen LogP contribution in [0.15, 0.2) is 164 Å². The van der Waals surface area contributed by atoms with Crippen LogP contribution in [-0.4, -0.2) is 22.6 Å². The van der Waals surface area contributed by atoms with Gasteiger partial charge in [0, 0.05) is 46.4 Å². The summed E-state index contributed by atoms with van der Waals surface area (Å²) in [5, 5.41) is 3.53. The van der Waals surface area contributed by atoms with Gasteiger partial charge < -0.3 is 9.55 Å². The Bertz CT molecular complexity index is 3330. The van der Waals surface area contributed by atoms with Crippen molar-refractivity contribution in [1.82, 2.24) is 14.5 Å². The van der Waals surface area contributed by atoms with Crippen LogP contribution in [0.2, 0.25) is 19.6 Å². The first kappa shape index (κ1) is 39.9. The van der Waals surface area contributed by atoms with Gasteiger partial charge in [-0.25, -0.2) is 0 Å². The molecule has 0 aliphatic rings. The SMILES string of the molecule is C[Si](C)(C)c1ccc(-c2[c-]cccc2)nc1.[2H]C([2H])([2H])c1ccc(-c2ccc3c(c2)sc2c(-c4nc5ccccc5n4-c4ccc(C(F)(F)F)cc4-c4ccccc4)[c-]cc(C)c23)cc1.[Ir]. The molecule has 0 bridgehead atoms. The first-order valence-electron chi connectivity index (χ1n) is 21.7. The molecule has 0 N–H and O–H groups in total. The fourth-order valence-corrected chi connectivity index (χ4v) is 10.1. The van der Waals surface area contributed by atoms with E-state index in [1.54, 1.807) is 23.5 Å². The van der Waals surface area contributed by atoms with Crippen molar-refractivity contribution in [2.45, 2.75) is 39.6 Å². The first-order valence-corrected chi connectivity index (χ1v) is 24.5. The van der Waals surface area contributed by atoms with Crippen LogP contribution >= 0.6 is 11.3 Å². The van der Waals surface area contributed by atoms with Crippen LogP contribution in [0.5, 0.6) is 0 Å². The molecule has 0 saturated heterocycles. The van der Waals surface area contributed by atoms with Crippen molar-refractivity contribution in [2.75, 3.05) is 0 Å². The molecule has 9 heteroatoms. The van der Waals surface area contributed by atoms with E-state index >= 15 is 0 Å². The zero-order valence-electron chi connectivity index (χ0n) is 37.8. The van der Waals surface area contributed by atoms with Crippen molar-refractivity contribution < 1.29 is 37.4 Å². The molecule has 0 fully saturated rings. The summed E-state index contributed by atoms with van der Waals surface area (Å²) >= 11 is 1.61. The number of halogens is 3. The summed E-state index contributed by atoms with van der Waals surface area (Å²) < 4.78 is 69.1. The Hall–Kier alpha value is -5.96. The maximum Gasteiger partial charge on any atom is 0.416 e. The van der Waals surface area contributed by atoms with Crippen molar-refractivity contribution in [2.24, 2.45) is 0 Å². The fraction of sp³-hybridized carbons (Fsp3) is 0.111. The molecule has 0 unspecified atom stereocenters. The normalized spacial score (nSPS) is 12.6. The number of hydrogen-bond acceptors (Lipinski definition) is 3. The third kappa shape index (κ3) is 8.84. The van der Waals surface area contributed by atoms with E-state index in [2.05, 4.69) is 61.0 Å². The number of hydrogen-bond donors (Lipinski definition) is 0. The van der Waals surface area contributed by atoms with E-state index in [9.17, 15) is 13.2 Å². The number of alkyl halides is 3. The molecule has 3 heterocycles. The van der Waals surface area contributed by atoms with Crippen LogP contribution in [0, 0.1) is 25.9 Å². The third-order valence-electron chi connectivity index (χ3n) is 11.0. The van der Waals surface area contributed by atoms with E-state index in [-0.39, 0.29) is 20.1 Å². The van der Waals surface area contributed by atoms with Gasteiger partial charge in [0.1, 0.15) is 0 Å². The second-order valence-corrected chi connectivity index (χ2v) is 22.4. The second kappa shape index (κ2) is 17.7. The zero-order chi connectivity index (χ0) is 45.7. The zero-order valence-corrected chi connectivity index (χ0v) is 39.0. The number of pyridine rings is 1. The second-order valence-electron chi connectivity index (χ2n) is 16.3. The van der Waals surface area contributed by atoms with Gasteiger partial charge in [0.15, 0.2) is 0 Å². The van der Waals surface area contributed by atoms with Crippen molar-refractivity contribution in [3.05, 3.63) is 193 Å². The van der Waals surface area contributed by atoms with Gasteiger partial charge in [0.05, 0.1) is 30.5 Å². The predicted octanol–water partition coefficient (Wildman–Crippen LogP) is 14.9. The van der Waals surface area contributed by atoms with Gasteiger partial charge in [-0.2, -0.15) is 24.5 Å². The molecule has 7 aromatic carbocycles. The predicted molar refractivity (Wildman–Crippen MR) is 255 cm³/mol. The van der Waals surface area contributed by atoms with Crippen LogP contribution < -0.4 is 5.19 Å². The molecule has 0 aliphatic heterocycles. The molecule has 10 aromatic rings.